The van der Waals surface area contributed by atoms with Crippen LogP contribution in [0.1, 0.15) is 15.9 Å². The Hall–Kier alpha value is -2.85. The standard InChI is InChI=1S/C17H20N4O3/c1-20-6-8-21(9-7-20)16(22)15(10-18)12-19-11-13-2-4-14(5-3-13)17(23)24/h2-5,12,19H,6-9,11H2,1H3,(H,23,24)/b15-12-. The summed E-state index contributed by atoms with van der Waals surface area (Å²) < 4.78 is 0. The molecule has 1 saturated heterocycles. The molecule has 0 bridgehead atoms. The lowest BCUT2D eigenvalue weighted by Gasteiger charge is -2.32. The van der Waals surface area contributed by atoms with Gasteiger partial charge in [-0.05, 0) is 24.7 Å². The van der Waals surface area contributed by atoms with E-state index >= 15 is 0 Å². The molecule has 126 valence electrons. The summed E-state index contributed by atoms with van der Waals surface area (Å²) in [5.41, 5.74) is 1.15. The Labute approximate surface area is 140 Å². The number of rotatable bonds is 5. The van der Waals surface area contributed by atoms with Gasteiger partial charge in [-0.2, -0.15) is 5.26 Å². The third-order valence-electron chi connectivity index (χ3n) is 3.89. The number of hydrogen-bond acceptors (Lipinski definition) is 5. The van der Waals surface area contributed by atoms with Gasteiger partial charge >= 0.3 is 5.97 Å². The van der Waals surface area contributed by atoms with Gasteiger partial charge in [-0.1, -0.05) is 12.1 Å². The first-order valence-electron chi connectivity index (χ1n) is 7.65. The van der Waals surface area contributed by atoms with Gasteiger partial charge in [0.1, 0.15) is 11.6 Å². The Morgan fingerprint density at radius 3 is 2.42 bits per heavy atom. The average Bonchev–Trinajstić information content (AvgIpc) is 2.59. The van der Waals surface area contributed by atoms with Crippen LogP contribution in [0, 0.1) is 11.3 Å². The summed E-state index contributed by atoms with van der Waals surface area (Å²) in [6.45, 7) is 3.23. The topological polar surface area (TPSA) is 96.7 Å². The summed E-state index contributed by atoms with van der Waals surface area (Å²) in [5.74, 6) is -1.24. The minimum absolute atomic E-state index is 0.0710. The van der Waals surface area contributed by atoms with Crippen LogP contribution in [0.25, 0.3) is 0 Å². The number of carboxylic acids is 1. The lowest BCUT2D eigenvalue weighted by molar-refractivity contribution is -0.128. The number of nitriles is 1. The Kier molecular flexibility index (Phi) is 5.93. The van der Waals surface area contributed by atoms with Crippen molar-refractivity contribution in [1.82, 2.24) is 15.1 Å². The number of amides is 1. The zero-order chi connectivity index (χ0) is 17.5. The van der Waals surface area contributed by atoms with Crippen molar-refractivity contribution in [3.8, 4) is 6.07 Å². The van der Waals surface area contributed by atoms with Crippen LogP contribution in [-0.4, -0.2) is 60.0 Å². The summed E-state index contributed by atoms with van der Waals surface area (Å²) in [4.78, 5) is 26.9. The molecule has 7 nitrogen and oxygen atoms in total. The van der Waals surface area contributed by atoms with Crippen molar-refractivity contribution in [2.45, 2.75) is 6.54 Å². The number of aromatic carboxylic acids is 1. The quantitative estimate of drug-likeness (QED) is 0.609. The van der Waals surface area contributed by atoms with E-state index in [2.05, 4.69) is 10.2 Å². The van der Waals surface area contributed by atoms with Crippen LogP contribution in [-0.2, 0) is 11.3 Å². The molecule has 24 heavy (non-hydrogen) atoms. The first-order valence-corrected chi connectivity index (χ1v) is 7.65. The Balaban J connectivity index is 1.92. The number of carboxylic acid groups (broad SMARTS) is 1. The lowest BCUT2D eigenvalue weighted by atomic mass is 10.1. The summed E-state index contributed by atoms with van der Waals surface area (Å²) in [7, 11) is 2.00. The van der Waals surface area contributed by atoms with E-state index in [1.54, 1.807) is 17.0 Å². The number of benzene rings is 1. The van der Waals surface area contributed by atoms with Crippen LogP contribution in [0.15, 0.2) is 36.0 Å². The van der Waals surface area contributed by atoms with E-state index < -0.39 is 5.97 Å². The van der Waals surface area contributed by atoms with Gasteiger partial charge in [0.25, 0.3) is 5.91 Å². The van der Waals surface area contributed by atoms with Gasteiger partial charge in [-0.3, -0.25) is 4.79 Å². The molecule has 0 aromatic heterocycles. The number of piperazine rings is 1. The molecule has 1 amide bonds. The van der Waals surface area contributed by atoms with Crippen LogP contribution in [0.2, 0.25) is 0 Å². The van der Waals surface area contributed by atoms with Gasteiger partial charge in [-0.15, -0.1) is 0 Å². The highest BCUT2D eigenvalue weighted by molar-refractivity contribution is 5.97. The second kappa shape index (κ2) is 8.13. The Bertz CT molecular complexity index is 668. The van der Waals surface area contributed by atoms with Gasteiger partial charge in [-0.25, -0.2) is 4.79 Å². The number of carbonyl (C=O) groups excluding carboxylic acids is 1. The van der Waals surface area contributed by atoms with Gasteiger partial charge in [0, 0.05) is 38.9 Å². The van der Waals surface area contributed by atoms with Crippen molar-refractivity contribution < 1.29 is 14.7 Å². The highest BCUT2D eigenvalue weighted by atomic mass is 16.4. The second-order valence-corrected chi connectivity index (χ2v) is 5.65. The first kappa shape index (κ1) is 17.5. The van der Waals surface area contributed by atoms with Crippen molar-refractivity contribution in [2.24, 2.45) is 0 Å². The molecule has 1 aliphatic rings. The van der Waals surface area contributed by atoms with Gasteiger partial charge in [0.2, 0.25) is 0 Å². The maximum Gasteiger partial charge on any atom is 0.335 e. The maximum absolute atomic E-state index is 12.3. The molecule has 1 aromatic carbocycles. The third-order valence-corrected chi connectivity index (χ3v) is 3.89. The molecule has 1 aliphatic heterocycles. The molecule has 0 saturated carbocycles. The summed E-state index contributed by atoms with van der Waals surface area (Å²) in [6, 6.07) is 8.36. The monoisotopic (exact) mass is 328 g/mol. The second-order valence-electron chi connectivity index (χ2n) is 5.65. The van der Waals surface area contributed by atoms with Crippen molar-refractivity contribution in [3.05, 3.63) is 47.2 Å². The molecule has 0 spiro atoms. The molecular formula is C17H20N4O3. The molecule has 1 heterocycles. The minimum Gasteiger partial charge on any atom is -0.478 e. The lowest BCUT2D eigenvalue weighted by Crippen LogP contribution is -2.47. The van der Waals surface area contributed by atoms with E-state index in [0.29, 0.717) is 19.6 Å². The van der Waals surface area contributed by atoms with Crippen LogP contribution in [0.3, 0.4) is 0 Å². The Morgan fingerprint density at radius 1 is 1.25 bits per heavy atom. The summed E-state index contributed by atoms with van der Waals surface area (Å²) in [6.07, 6.45) is 1.42. The average molecular weight is 328 g/mol. The fourth-order valence-electron chi connectivity index (χ4n) is 2.36. The van der Waals surface area contributed by atoms with E-state index in [1.165, 1.54) is 18.3 Å². The van der Waals surface area contributed by atoms with Crippen LogP contribution >= 0.6 is 0 Å². The maximum atomic E-state index is 12.3. The molecule has 2 rings (SSSR count). The fraction of sp³-hybridized carbons (Fsp3) is 0.353. The van der Waals surface area contributed by atoms with Crippen LogP contribution < -0.4 is 5.32 Å². The predicted molar refractivity (Wildman–Crippen MR) is 88.0 cm³/mol. The predicted octanol–water partition coefficient (Wildman–Crippen LogP) is 0.656. The van der Waals surface area contributed by atoms with Gasteiger partial charge in [0.05, 0.1) is 5.56 Å². The van der Waals surface area contributed by atoms with E-state index in [9.17, 15) is 14.9 Å². The minimum atomic E-state index is -0.973. The fourth-order valence-corrected chi connectivity index (χ4v) is 2.36. The molecule has 1 aromatic rings. The van der Waals surface area contributed by atoms with Crippen molar-refractivity contribution in [2.75, 3.05) is 33.2 Å². The third kappa shape index (κ3) is 4.57. The van der Waals surface area contributed by atoms with Crippen molar-refractivity contribution in [3.63, 3.8) is 0 Å². The zero-order valence-electron chi connectivity index (χ0n) is 13.5. The molecule has 0 aliphatic carbocycles. The molecule has 2 N–H and O–H groups in total. The van der Waals surface area contributed by atoms with E-state index in [1.807, 2.05) is 13.1 Å². The number of carbonyl (C=O) groups is 2. The number of likely N-dealkylation sites (N-methyl/N-ethyl adjacent to an activating group) is 1. The van der Waals surface area contributed by atoms with Gasteiger partial charge < -0.3 is 20.2 Å². The Morgan fingerprint density at radius 2 is 1.88 bits per heavy atom. The number of nitrogens with one attached hydrogen (secondary N) is 1. The SMILES string of the molecule is CN1CCN(C(=O)/C(C#N)=C\NCc2ccc(C(=O)O)cc2)CC1. The smallest absolute Gasteiger partial charge is 0.335 e. The largest absolute Gasteiger partial charge is 0.478 e. The van der Waals surface area contributed by atoms with Crippen LogP contribution in [0.4, 0.5) is 0 Å². The molecular weight excluding hydrogens is 308 g/mol. The van der Waals surface area contributed by atoms with Crippen molar-refractivity contribution in [1.29, 1.82) is 5.26 Å². The number of hydrogen-bond donors (Lipinski definition) is 2. The molecule has 0 radical (unpaired) electrons. The van der Waals surface area contributed by atoms with E-state index in [4.69, 9.17) is 5.11 Å². The van der Waals surface area contributed by atoms with E-state index in [-0.39, 0.29) is 17.0 Å². The summed E-state index contributed by atoms with van der Waals surface area (Å²) >= 11 is 0. The zero-order valence-corrected chi connectivity index (χ0v) is 13.5. The van der Waals surface area contributed by atoms with E-state index in [0.717, 1.165) is 18.7 Å². The molecule has 7 heteroatoms. The van der Waals surface area contributed by atoms with Gasteiger partial charge in [0.15, 0.2) is 0 Å². The summed E-state index contributed by atoms with van der Waals surface area (Å²) in [5, 5.41) is 21.0. The molecule has 0 atom stereocenters. The first-order chi connectivity index (χ1) is 11.5. The normalized spacial score (nSPS) is 15.7. The number of nitrogens with zero attached hydrogens (tertiary/aromatic N) is 3. The van der Waals surface area contributed by atoms with Crippen LogP contribution in [0.5, 0.6) is 0 Å². The van der Waals surface area contributed by atoms with Crippen molar-refractivity contribution >= 4 is 11.9 Å². The molecule has 1 fully saturated rings. The highest BCUT2D eigenvalue weighted by Gasteiger charge is 2.21. The molecule has 0 unspecified atom stereocenters. The highest BCUT2D eigenvalue weighted by Crippen LogP contribution is 2.07.